The van der Waals surface area contributed by atoms with Crippen molar-refractivity contribution in [1.29, 1.82) is 0 Å². The van der Waals surface area contributed by atoms with E-state index in [2.05, 4.69) is 15.6 Å². The summed E-state index contributed by atoms with van der Waals surface area (Å²) in [5, 5.41) is 19.5. The Bertz CT molecular complexity index is 753. The van der Waals surface area contributed by atoms with E-state index in [-0.39, 0.29) is 19.0 Å². The molecule has 0 aliphatic heterocycles. The largest absolute Gasteiger partial charge is 0.480 e. The number of hydrogen-bond acceptors (Lipinski definition) is 5. The summed E-state index contributed by atoms with van der Waals surface area (Å²) in [5.41, 5.74) is 0.475. The number of benzene rings is 1. The first-order chi connectivity index (χ1) is 11.3. The standard InChI is InChI=1S/C14H14Cl2N4O3S/c1-8(24-12-4-9(15)2-3-11(12)16)14(23)17-5-10-6-20(19-18-10)7-13(21)22/h2-4,6,8H,5,7H2,1H3,(H,17,23)(H,21,22). The minimum Gasteiger partial charge on any atom is -0.480 e. The SMILES string of the molecule is CC(Sc1cc(Cl)ccc1Cl)C(=O)NCc1cn(CC(=O)O)nn1. The molecule has 128 valence electrons. The quantitative estimate of drug-likeness (QED) is 0.707. The Morgan fingerprint density at radius 3 is 2.88 bits per heavy atom. The summed E-state index contributed by atoms with van der Waals surface area (Å²) >= 11 is 13.3. The maximum atomic E-state index is 12.1. The lowest BCUT2D eigenvalue weighted by atomic mass is 10.4. The molecule has 1 aromatic carbocycles. The van der Waals surface area contributed by atoms with Crippen LogP contribution in [0.5, 0.6) is 0 Å². The Hall–Kier alpha value is -1.77. The van der Waals surface area contributed by atoms with Crippen LogP contribution in [-0.2, 0) is 22.7 Å². The molecule has 2 rings (SSSR count). The van der Waals surface area contributed by atoms with Gasteiger partial charge in [0.2, 0.25) is 5.91 Å². The van der Waals surface area contributed by atoms with Crippen molar-refractivity contribution < 1.29 is 14.7 Å². The van der Waals surface area contributed by atoms with Crippen LogP contribution in [0.3, 0.4) is 0 Å². The molecule has 0 aliphatic rings. The summed E-state index contributed by atoms with van der Waals surface area (Å²) in [4.78, 5) is 23.4. The normalized spacial score (nSPS) is 12.0. The summed E-state index contributed by atoms with van der Waals surface area (Å²) in [6.07, 6.45) is 1.47. The Labute approximate surface area is 152 Å². The van der Waals surface area contributed by atoms with E-state index >= 15 is 0 Å². The molecule has 0 bridgehead atoms. The molecule has 0 saturated heterocycles. The Morgan fingerprint density at radius 1 is 1.42 bits per heavy atom. The molecule has 7 nitrogen and oxygen atoms in total. The van der Waals surface area contributed by atoms with E-state index in [0.717, 1.165) is 4.90 Å². The van der Waals surface area contributed by atoms with E-state index in [1.54, 1.807) is 25.1 Å². The van der Waals surface area contributed by atoms with Gasteiger partial charge < -0.3 is 10.4 Å². The Balaban J connectivity index is 1.88. The number of carbonyl (C=O) groups is 2. The topological polar surface area (TPSA) is 97.1 Å². The molecular formula is C14H14Cl2N4O3S. The van der Waals surface area contributed by atoms with Crippen molar-refractivity contribution in [2.24, 2.45) is 0 Å². The van der Waals surface area contributed by atoms with Gasteiger partial charge in [0.05, 0.1) is 23.0 Å². The van der Waals surface area contributed by atoms with Crippen molar-refractivity contribution >= 4 is 46.8 Å². The first-order valence-corrected chi connectivity index (χ1v) is 8.49. The third-order valence-corrected chi connectivity index (χ3v) is 4.73. The fourth-order valence-electron chi connectivity index (χ4n) is 1.77. The first kappa shape index (κ1) is 18.6. The van der Waals surface area contributed by atoms with E-state index in [9.17, 15) is 9.59 Å². The zero-order chi connectivity index (χ0) is 17.7. The number of amides is 1. The van der Waals surface area contributed by atoms with Crippen molar-refractivity contribution in [3.63, 3.8) is 0 Å². The third-order valence-electron chi connectivity index (χ3n) is 2.89. The lowest BCUT2D eigenvalue weighted by Gasteiger charge is -2.12. The monoisotopic (exact) mass is 388 g/mol. The van der Waals surface area contributed by atoms with Crippen molar-refractivity contribution in [3.05, 3.63) is 40.1 Å². The van der Waals surface area contributed by atoms with Crippen molar-refractivity contribution in [2.45, 2.75) is 30.2 Å². The number of thioether (sulfide) groups is 1. The van der Waals surface area contributed by atoms with E-state index in [0.29, 0.717) is 15.7 Å². The predicted molar refractivity (Wildman–Crippen MR) is 91.3 cm³/mol. The van der Waals surface area contributed by atoms with Gasteiger partial charge in [-0.3, -0.25) is 9.59 Å². The molecule has 0 spiro atoms. The predicted octanol–water partition coefficient (Wildman–Crippen LogP) is 2.47. The van der Waals surface area contributed by atoms with Crippen LogP contribution < -0.4 is 5.32 Å². The van der Waals surface area contributed by atoms with Gasteiger partial charge in [0, 0.05) is 9.92 Å². The highest BCUT2D eigenvalue weighted by atomic mass is 35.5. The van der Waals surface area contributed by atoms with E-state index < -0.39 is 11.2 Å². The molecule has 0 saturated carbocycles. The second kappa shape index (κ2) is 8.36. The highest BCUT2D eigenvalue weighted by Crippen LogP contribution is 2.32. The van der Waals surface area contributed by atoms with Gasteiger partial charge in [0.1, 0.15) is 12.2 Å². The molecule has 1 aromatic heterocycles. The third kappa shape index (κ3) is 5.40. The zero-order valence-electron chi connectivity index (χ0n) is 12.6. The van der Waals surface area contributed by atoms with Crippen LogP contribution in [0.1, 0.15) is 12.6 Å². The molecule has 2 N–H and O–H groups in total. The lowest BCUT2D eigenvalue weighted by molar-refractivity contribution is -0.138. The number of nitrogens with zero attached hydrogens (tertiary/aromatic N) is 3. The maximum absolute atomic E-state index is 12.1. The van der Waals surface area contributed by atoms with E-state index in [4.69, 9.17) is 28.3 Å². The zero-order valence-corrected chi connectivity index (χ0v) is 14.9. The van der Waals surface area contributed by atoms with Crippen molar-refractivity contribution in [2.75, 3.05) is 0 Å². The fraction of sp³-hybridized carbons (Fsp3) is 0.286. The molecule has 0 aliphatic carbocycles. The number of carbonyl (C=O) groups excluding carboxylic acids is 1. The number of carboxylic acid groups (broad SMARTS) is 1. The molecule has 1 heterocycles. The van der Waals surface area contributed by atoms with Gasteiger partial charge in [0.15, 0.2) is 0 Å². The molecule has 10 heteroatoms. The highest BCUT2D eigenvalue weighted by Gasteiger charge is 2.16. The van der Waals surface area contributed by atoms with E-state index in [1.165, 1.54) is 22.6 Å². The summed E-state index contributed by atoms with van der Waals surface area (Å²) in [6, 6.07) is 5.06. The van der Waals surface area contributed by atoms with Crippen LogP contribution >= 0.6 is 35.0 Å². The summed E-state index contributed by atoms with van der Waals surface area (Å²) in [7, 11) is 0. The van der Waals surface area contributed by atoms with Gasteiger partial charge in [-0.2, -0.15) is 0 Å². The number of aromatic nitrogens is 3. The Morgan fingerprint density at radius 2 is 2.17 bits per heavy atom. The van der Waals surface area contributed by atoms with Gasteiger partial charge in [-0.05, 0) is 25.1 Å². The second-order valence-electron chi connectivity index (χ2n) is 4.85. The molecule has 1 unspecified atom stereocenters. The number of rotatable bonds is 7. The van der Waals surface area contributed by atoms with Crippen LogP contribution in [-0.4, -0.2) is 37.2 Å². The van der Waals surface area contributed by atoms with Gasteiger partial charge in [-0.25, -0.2) is 4.68 Å². The van der Waals surface area contributed by atoms with Crippen LogP contribution in [0.25, 0.3) is 0 Å². The number of halogens is 2. The molecule has 2 aromatic rings. The van der Waals surface area contributed by atoms with Crippen LogP contribution in [0, 0.1) is 0 Å². The minimum atomic E-state index is -1.01. The molecule has 1 atom stereocenters. The summed E-state index contributed by atoms with van der Waals surface area (Å²) in [5.74, 6) is -1.22. The average Bonchev–Trinajstić information content (AvgIpc) is 2.95. The molecule has 24 heavy (non-hydrogen) atoms. The Kier molecular flexibility index (Phi) is 6.47. The number of carboxylic acids is 1. The minimum absolute atomic E-state index is 0.159. The van der Waals surface area contributed by atoms with Gasteiger partial charge in [0.25, 0.3) is 0 Å². The van der Waals surface area contributed by atoms with E-state index in [1.807, 2.05) is 0 Å². The van der Waals surface area contributed by atoms with Gasteiger partial charge in [-0.1, -0.05) is 28.4 Å². The molecule has 1 amide bonds. The van der Waals surface area contributed by atoms with Crippen LogP contribution in [0.15, 0.2) is 29.3 Å². The fourth-order valence-corrected chi connectivity index (χ4v) is 3.20. The second-order valence-corrected chi connectivity index (χ2v) is 7.08. The number of aliphatic carboxylic acids is 1. The molecule has 0 fully saturated rings. The highest BCUT2D eigenvalue weighted by molar-refractivity contribution is 8.00. The summed E-state index contributed by atoms with van der Waals surface area (Å²) < 4.78 is 1.19. The van der Waals surface area contributed by atoms with Crippen LogP contribution in [0.4, 0.5) is 0 Å². The molecule has 0 radical (unpaired) electrons. The average molecular weight is 389 g/mol. The number of nitrogens with one attached hydrogen (secondary N) is 1. The van der Waals surface area contributed by atoms with Crippen molar-refractivity contribution in [3.8, 4) is 0 Å². The van der Waals surface area contributed by atoms with Crippen molar-refractivity contribution in [1.82, 2.24) is 20.3 Å². The summed E-state index contributed by atoms with van der Waals surface area (Å²) in [6.45, 7) is 1.63. The van der Waals surface area contributed by atoms with Gasteiger partial charge in [-0.15, -0.1) is 16.9 Å². The van der Waals surface area contributed by atoms with Gasteiger partial charge >= 0.3 is 5.97 Å². The maximum Gasteiger partial charge on any atom is 0.325 e. The number of hydrogen-bond donors (Lipinski definition) is 2. The van der Waals surface area contributed by atoms with Crippen LogP contribution in [0.2, 0.25) is 10.0 Å². The molecular weight excluding hydrogens is 375 g/mol. The smallest absolute Gasteiger partial charge is 0.325 e. The lowest BCUT2D eigenvalue weighted by Crippen LogP contribution is -2.30. The first-order valence-electron chi connectivity index (χ1n) is 6.85.